The van der Waals surface area contributed by atoms with Crippen LogP contribution in [0.25, 0.3) is 0 Å². The Morgan fingerprint density at radius 3 is 2.74 bits per heavy atom. The quantitative estimate of drug-likeness (QED) is 0.883. The van der Waals surface area contributed by atoms with Crippen molar-refractivity contribution < 1.29 is 4.74 Å². The summed E-state index contributed by atoms with van der Waals surface area (Å²) in [5, 5.41) is 3.54. The van der Waals surface area contributed by atoms with E-state index in [-0.39, 0.29) is 0 Å². The molecule has 1 saturated heterocycles. The molecule has 0 aliphatic carbocycles. The van der Waals surface area contributed by atoms with Gasteiger partial charge in [-0.3, -0.25) is 4.90 Å². The van der Waals surface area contributed by atoms with E-state index in [1.54, 1.807) is 0 Å². The summed E-state index contributed by atoms with van der Waals surface area (Å²) in [6.45, 7) is 4.46. The van der Waals surface area contributed by atoms with Crippen molar-refractivity contribution in [3.05, 3.63) is 35.4 Å². The molecule has 0 radical (unpaired) electrons. The fourth-order valence-electron chi connectivity index (χ4n) is 3.44. The van der Waals surface area contributed by atoms with Crippen LogP contribution in [0.3, 0.4) is 0 Å². The number of piperidine rings is 1. The number of rotatable bonds is 2. The van der Waals surface area contributed by atoms with E-state index >= 15 is 0 Å². The third kappa shape index (κ3) is 2.83. The summed E-state index contributed by atoms with van der Waals surface area (Å²) >= 11 is 0. The average Bonchev–Trinajstić information content (AvgIpc) is 2.70. The lowest BCUT2D eigenvalue weighted by molar-refractivity contribution is 0.0258. The van der Waals surface area contributed by atoms with Gasteiger partial charge in [-0.1, -0.05) is 24.3 Å². The van der Waals surface area contributed by atoms with Crippen molar-refractivity contribution in [1.29, 1.82) is 0 Å². The van der Waals surface area contributed by atoms with Gasteiger partial charge in [-0.05, 0) is 36.9 Å². The number of benzene rings is 1. The summed E-state index contributed by atoms with van der Waals surface area (Å²) in [5.41, 5.74) is 3.00. The molecular weight excluding hydrogens is 236 g/mol. The molecule has 3 rings (SSSR count). The zero-order valence-electron chi connectivity index (χ0n) is 11.8. The minimum absolute atomic E-state index is 0.468. The Bertz CT molecular complexity index is 413. The molecule has 0 spiro atoms. The lowest BCUT2D eigenvalue weighted by Gasteiger charge is -2.37. The molecule has 1 N–H and O–H groups in total. The van der Waals surface area contributed by atoms with Crippen molar-refractivity contribution in [1.82, 2.24) is 10.2 Å². The maximum absolute atomic E-state index is 5.48. The van der Waals surface area contributed by atoms with Gasteiger partial charge < -0.3 is 10.1 Å². The van der Waals surface area contributed by atoms with Gasteiger partial charge in [0.25, 0.3) is 0 Å². The van der Waals surface area contributed by atoms with Gasteiger partial charge in [0.2, 0.25) is 0 Å². The van der Waals surface area contributed by atoms with E-state index < -0.39 is 0 Å². The van der Waals surface area contributed by atoms with Gasteiger partial charge in [0, 0.05) is 32.8 Å². The van der Waals surface area contributed by atoms with E-state index in [9.17, 15) is 0 Å². The highest BCUT2D eigenvalue weighted by Gasteiger charge is 2.28. The Kier molecular flexibility index (Phi) is 4.16. The Labute approximate surface area is 115 Å². The molecule has 0 amide bonds. The number of ether oxygens (including phenoxy) is 1. The van der Waals surface area contributed by atoms with Crippen LogP contribution < -0.4 is 5.32 Å². The van der Waals surface area contributed by atoms with E-state index in [0.717, 1.165) is 26.2 Å². The molecule has 1 fully saturated rings. The Balaban J connectivity index is 1.77. The van der Waals surface area contributed by atoms with E-state index in [1.165, 1.54) is 30.4 Å². The Hall–Kier alpha value is -0.900. The van der Waals surface area contributed by atoms with Crippen molar-refractivity contribution in [2.75, 3.05) is 26.7 Å². The maximum Gasteiger partial charge on any atom is 0.0595 e. The second-order valence-corrected chi connectivity index (χ2v) is 5.65. The van der Waals surface area contributed by atoms with Gasteiger partial charge in [-0.25, -0.2) is 0 Å². The van der Waals surface area contributed by atoms with Crippen LogP contribution in [0.4, 0.5) is 0 Å². The first kappa shape index (κ1) is 13.1. The predicted molar refractivity (Wildman–Crippen MR) is 77.1 cm³/mol. The molecule has 2 aliphatic rings. The lowest BCUT2D eigenvalue weighted by Crippen LogP contribution is -2.39. The smallest absolute Gasteiger partial charge is 0.0595 e. The Morgan fingerprint density at radius 1 is 1.16 bits per heavy atom. The van der Waals surface area contributed by atoms with Crippen LogP contribution >= 0.6 is 0 Å². The number of fused-ring (bicyclic) bond motifs is 1. The van der Waals surface area contributed by atoms with Crippen molar-refractivity contribution >= 4 is 0 Å². The lowest BCUT2D eigenvalue weighted by atomic mass is 9.95. The second-order valence-electron chi connectivity index (χ2n) is 5.65. The maximum atomic E-state index is 5.48. The van der Waals surface area contributed by atoms with Crippen LogP contribution in [-0.4, -0.2) is 37.7 Å². The van der Waals surface area contributed by atoms with Crippen LogP contribution in [0.5, 0.6) is 0 Å². The van der Waals surface area contributed by atoms with Crippen molar-refractivity contribution in [2.24, 2.45) is 0 Å². The van der Waals surface area contributed by atoms with Crippen molar-refractivity contribution in [2.45, 2.75) is 38.0 Å². The standard InChI is InChI=1S/C16H24N2O/c1-19-14-7-10-18(11-8-14)16-6-9-17-12-13-4-2-3-5-15(13)16/h2-5,14,16-17H,6-12H2,1H3. The number of hydrogen-bond acceptors (Lipinski definition) is 3. The number of likely N-dealkylation sites (tertiary alicyclic amines) is 1. The number of nitrogens with one attached hydrogen (secondary N) is 1. The van der Waals surface area contributed by atoms with Gasteiger partial charge in [0.1, 0.15) is 0 Å². The van der Waals surface area contributed by atoms with E-state index in [4.69, 9.17) is 4.74 Å². The van der Waals surface area contributed by atoms with E-state index in [2.05, 4.69) is 34.5 Å². The molecule has 19 heavy (non-hydrogen) atoms. The summed E-state index contributed by atoms with van der Waals surface area (Å²) in [6.07, 6.45) is 4.02. The highest BCUT2D eigenvalue weighted by molar-refractivity contribution is 5.31. The summed E-state index contributed by atoms with van der Waals surface area (Å²) in [6, 6.07) is 9.50. The molecular formula is C16H24N2O. The van der Waals surface area contributed by atoms with Gasteiger partial charge in [-0.2, -0.15) is 0 Å². The summed E-state index contributed by atoms with van der Waals surface area (Å²) in [5.74, 6) is 0. The van der Waals surface area contributed by atoms with Gasteiger partial charge in [0.05, 0.1) is 6.10 Å². The SMILES string of the molecule is COC1CCN(C2CCNCc3ccccc32)CC1. The molecule has 0 saturated carbocycles. The molecule has 1 aromatic carbocycles. The van der Waals surface area contributed by atoms with Crippen LogP contribution in [0.1, 0.15) is 36.4 Å². The summed E-state index contributed by atoms with van der Waals surface area (Å²) in [7, 11) is 1.84. The van der Waals surface area contributed by atoms with Crippen LogP contribution in [-0.2, 0) is 11.3 Å². The number of hydrogen-bond donors (Lipinski definition) is 1. The largest absolute Gasteiger partial charge is 0.381 e. The van der Waals surface area contributed by atoms with Gasteiger partial charge in [-0.15, -0.1) is 0 Å². The molecule has 1 atom stereocenters. The molecule has 0 bridgehead atoms. The molecule has 0 aromatic heterocycles. The van der Waals surface area contributed by atoms with Crippen LogP contribution in [0.15, 0.2) is 24.3 Å². The fraction of sp³-hybridized carbons (Fsp3) is 0.625. The summed E-state index contributed by atoms with van der Waals surface area (Å²) in [4.78, 5) is 2.65. The van der Waals surface area contributed by atoms with Crippen molar-refractivity contribution in [3.63, 3.8) is 0 Å². The van der Waals surface area contributed by atoms with Gasteiger partial charge in [0.15, 0.2) is 0 Å². The molecule has 1 aromatic rings. The number of nitrogens with zero attached hydrogens (tertiary/aromatic N) is 1. The van der Waals surface area contributed by atoms with Crippen LogP contribution in [0, 0.1) is 0 Å². The minimum Gasteiger partial charge on any atom is -0.381 e. The average molecular weight is 260 g/mol. The van der Waals surface area contributed by atoms with Crippen LogP contribution in [0.2, 0.25) is 0 Å². The predicted octanol–water partition coefficient (Wildman–Crippen LogP) is 2.33. The van der Waals surface area contributed by atoms with E-state index in [1.807, 2.05) is 7.11 Å². The van der Waals surface area contributed by atoms with Crippen molar-refractivity contribution in [3.8, 4) is 0 Å². The number of methoxy groups -OCH3 is 1. The first-order valence-corrected chi connectivity index (χ1v) is 7.44. The normalized spacial score (nSPS) is 25.8. The zero-order valence-corrected chi connectivity index (χ0v) is 11.8. The first-order valence-electron chi connectivity index (χ1n) is 7.44. The molecule has 104 valence electrons. The van der Waals surface area contributed by atoms with Gasteiger partial charge >= 0.3 is 0 Å². The monoisotopic (exact) mass is 260 g/mol. The second kappa shape index (κ2) is 6.04. The third-order valence-electron chi connectivity index (χ3n) is 4.57. The molecule has 1 unspecified atom stereocenters. The first-order chi connectivity index (χ1) is 9.38. The molecule has 2 aliphatic heterocycles. The summed E-state index contributed by atoms with van der Waals surface area (Å²) < 4.78 is 5.48. The minimum atomic E-state index is 0.468. The topological polar surface area (TPSA) is 24.5 Å². The molecule has 2 heterocycles. The molecule has 3 heteroatoms. The zero-order chi connectivity index (χ0) is 13.1. The van der Waals surface area contributed by atoms with E-state index in [0.29, 0.717) is 12.1 Å². The highest BCUT2D eigenvalue weighted by atomic mass is 16.5. The fourth-order valence-corrected chi connectivity index (χ4v) is 3.44. The third-order valence-corrected chi connectivity index (χ3v) is 4.57. The Morgan fingerprint density at radius 2 is 1.95 bits per heavy atom. The molecule has 3 nitrogen and oxygen atoms in total. The highest BCUT2D eigenvalue weighted by Crippen LogP contribution is 2.31.